The van der Waals surface area contributed by atoms with E-state index in [1.54, 1.807) is 0 Å². The van der Waals surface area contributed by atoms with Gasteiger partial charge < -0.3 is 9.73 Å². The Morgan fingerprint density at radius 2 is 1.94 bits per heavy atom. The summed E-state index contributed by atoms with van der Waals surface area (Å²) in [5.41, 5.74) is 0. The van der Waals surface area contributed by atoms with Crippen molar-refractivity contribution >= 4 is 0 Å². The number of nitrogens with zero attached hydrogens (tertiary/aromatic N) is 1. The molecule has 3 heteroatoms. The third-order valence-electron chi connectivity index (χ3n) is 2.95. The van der Waals surface area contributed by atoms with Crippen LogP contribution in [-0.2, 0) is 6.54 Å². The van der Waals surface area contributed by atoms with Gasteiger partial charge in [0.25, 0.3) is 0 Å². The Balaban J connectivity index is 2.29. The molecule has 1 rings (SSSR count). The highest BCUT2D eigenvalue weighted by molar-refractivity contribution is 5.05. The summed E-state index contributed by atoms with van der Waals surface area (Å²) in [6, 6.07) is 4.59. The maximum atomic E-state index is 5.58. The molecule has 0 aliphatic heterocycles. The van der Waals surface area contributed by atoms with E-state index in [2.05, 4.69) is 44.1 Å². The summed E-state index contributed by atoms with van der Waals surface area (Å²) < 4.78 is 5.58. The standard InChI is InChI=1S/C14H26N2O/c1-11(2)8-15-9-12(3)16(5)10-14-7-6-13(4)17-14/h6-7,11-12,15H,8-10H2,1-5H3. The molecule has 0 fully saturated rings. The second-order valence-electron chi connectivity index (χ2n) is 5.33. The van der Waals surface area contributed by atoms with Gasteiger partial charge in [0, 0.05) is 12.6 Å². The molecule has 1 atom stereocenters. The molecular formula is C14H26N2O. The Bertz CT molecular complexity index is 320. The largest absolute Gasteiger partial charge is 0.465 e. The maximum Gasteiger partial charge on any atom is 0.118 e. The molecule has 1 unspecified atom stereocenters. The van der Waals surface area contributed by atoms with E-state index >= 15 is 0 Å². The van der Waals surface area contributed by atoms with Crippen molar-refractivity contribution in [1.82, 2.24) is 10.2 Å². The number of rotatable bonds is 7. The molecule has 0 aliphatic rings. The van der Waals surface area contributed by atoms with Gasteiger partial charge in [0.15, 0.2) is 0 Å². The minimum Gasteiger partial charge on any atom is -0.465 e. The van der Waals surface area contributed by atoms with E-state index in [4.69, 9.17) is 4.42 Å². The number of furan rings is 1. The molecule has 1 heterocycles. The molecule has 0 spiro atoms. The van der Waals surface area contributed by atoms with Crippen LogP contribution >= 0.6 is 0 Å². The zero-order valence-corrected chi connectivity index (χ0v) is 11.8. The summed E-state index contributed by atoms with van der Waals surface area (Å²) in [6.07, 6.45) is 0. The van der Waals surface area contributed by atoms with E-state index in [9.17, 15) is 0 Å². The van der Waals surface area contributed by atoms with Crippen molar-refractivity contribution in [2.24, 2.45) is 5.92 Å². The van der Waals surface area contributed by atoms with E-state index in [-0.39, 0.29) is 0 Å². The van der Waals surface area contributed by atoms with Crippen molar-refractivity contribution in [2.45, 2.75) is 40.3 Å². The quantitative estimate of drug-likeness (QED) is 0.791. The van der Waals surface area contributed by atoms with Crippen LogP contribution in [0.2, 0.25) is 0 Å². The van der Waals surface area contributed by atoms with Crippen molar-refractivity contribution in [3.05, 3.63) is 23.7 Å². The Hall–Kier alpha value is -0.800. The van der Waals surface area contributed by atoms with Crippen molar-refractivity contribution in [1.29, 1.82) is 0 Å². The van der Waals surface area contributed by atoms with Gasteiger partial charge >= 0.3 is 0 Å². The monoisotopic (exact) mass is 238 g/mol. The summed E-state index contributed by atoms with van der Waals surface area (Å²) in [4.78, 5) is 2.31. The van der Waals surface area contributed by atoms with Crippen LogP contribution < -0.4 is 5.32 Å². The Morgan fingerprint density at radius 1 is 1.24 bits per heavy atom. The molecule has 0 aromatic carbocycles. The molecule has 1 N–H and O–H groups in total. The summed E-state index contributed by atoms with van der Waals surface area (Å²) >= 11 is 0. The molecule has 0 bridgehead atoms. The molecule has 0 aliphatic carbocycles. The van der Waals surface area contributed by atoms with Crippen molar-refractivity contribution in [2.75, 3.05) is 20.1 Å². The molecule has 98 valence electrons. The molecule has 0 saturated heterocycles. The lowest BCUT2D eigenvalue weighted by Crippen LogP contribution is -2.38. The Morgan fingerprint density at radius 3 is 2.47 bits per heavy atom. The van der Waals surface area contributed by atoms with Crippen LogP contribution in [0.1, 0.15) is 32.3 Å². The summed E-state index contributed by atoms with van der Waals surface area (Å²) in [6.45, 7) is 11.7. The lowest BCUT2D eigenvalue weighted by atomic mass is 10.2. The maximum absolute atomic E-state index is 5.58. The highest BCUT2D eigenvalue weighted by atomic mass is 16.3. The van der Waals surface area contributed by atoms with Gasteiger partial charge in [0.05, 0.1) is 6.54 Å². The second kappa shape index (κ2) is 6.82. The molecular weight excluding hydrogens is 212 g/mol. The molecule has 0 amide bonds. The second-order valence-corrected chi connectivity index (χ2v) is 5.33. The van der Waals surface area contributed by atoms with Gasteiger partial charge in [-0.05, 0) is 45.5 Å². The number of hydrogen-bond acceptors (Lipinski definition) is 3. The molecule has 17 heavy (non-hydrogen) atoms. The highest BCUT2D eigenvalue weighted by Crippen LogP contribution is 2.10. The fraction of sp³-hybridized carbons (Fsp3) is 0.714. The van der Waals surface area contributed by atoms with Crippen molar-refractivity contribution < 1.29 is 4.42 Å². The summed E-state index contributed by atoms with van der Waals surface area (Å²) in [7, 11) is 2.14. The van der Waals surface area contributed by atoms with E-state index in [0.717, 1.165) is 31.2 Å². The predicted molar refractivity (Wildman–Crippen MR) is 72.1 cm³/mol. The first-order valence-electron chi connectivity index (χ1n) is 6.45. The molecule has 3 nitrogen and oxygen atoms in total. The smallest absolute Gasteiger partial charge is 0.118 e. The Labute approximate surface area is 105 Å². The van der Waals surface area contributed by atoms with Gasteiger partial charge in [-0.2, -0.15) is 0 Å². The lowest BCUT2D eigenvalue weighted by Gasteiger charge is -2.24. The highest BCUT2D eigenvalue weighted by Gasteiger charge is 2.11. The van der Waals surface area contributed by atoms with Crippen LogP contribution in [-0.4, -0.2) is 31.1 Å². The van der Waals surface area contributed by atoms with Crippen molar-refractivity contribution in [3.63, 3.8) is 0 Å². The number of aryl methyl sites for hydroxylation is 1. The van der Waals surface area contributed by atoms with Gasteiger partial charge in [0.1, 0.15) is 11.5 Å². The normalized spacial score (nSPS) is 13.6. The minimum absolute atomic E-state index is 0.513. The number of hydrogen-bond donors (Lipinski definition) is 1. The van der Waals surface area contributed by atoms with Gasteiger partial charge in [-0.25, -0.2) is 0 Å². The third-order valence-corrected chi connectivity index (χ3v) is 2.95. The zero-order valence-electron chi connectivity index (χ0n) is 11.8. The zero-order chi connectivity index (χ0) is 12.8. The first-order chi connectivity index (χ1) is 7.99. The van der Waals surface area contributed by atoms with Crippen LogP contribution in [0.5, 0.6) is 0 Å². The predicted octanol–water partition coefficient (Wildman–Crippen LogP) is 2.65. The van der Waals surface area contributed by atoms with E-state index in [1.807, 2.05) is 13.0 Å². The van der Waals surface area contributed by atoms with Crippen LogP contribution in [0, 0.1) is 12.8 Å². The van der Waals surface area contributed by atoms with Gasteiger partial charge in [-0.1, -0.05) is 13.8 Å². The van der Waals surface area contributed by atoms with E-state index < -0.39 is 0 Å². The SMILES string of the molecule is Cc1ccc(CN(C)C(C)CNCC(C)C)o1. The number of likely N-dealkylation sites (N-methyl/N-ethyl adjacent to an activating group) is 1. The van der Waals surface area contributed by atoms with Crippen LogP contribution in [0.4, 0.5) is 0 Å². The lowest BCUT2D eigenvalue weighted by molar-refractivity contribution is 0.222. The van der Waals surface area contributed by atoms with Crippen LogP contribution in [0.15, 0.2) is 16.5 Å². The number of nitrogens with one attached hydrogen (secondary N) is 1. The summed E-state index contributed by atoms with van der Waals surface area (Å²) in [5, 5.41) is 3.48. The topological polar surface area (TPSA) is 28.4 Å². The van der Waals surface area contributed by atoms with Crippen LogP contribution in [0.25, 0.3) is 0 Å². The molecule has 0 saturated carbocycles. The van der Waals surface area contributed by atoms with E-state index in [1.165, 1.54) is 0 Å². The Kier molecular flexibility index (Phi) is 5.72. The first-order valence-corrected chi connectivity index (χ1v) is 6.45. The van der Waals surface area contributed by atoms with Gasteiger partial charge in [-0.3, -0.25) is 4.90 Å². The summed E-state index contributed by atoms with van der Waals surface area (Å²) in [5.74, 6) is 2.74. The minimum atomic E-state index is 0.513. The molecule has 1 aromatic rings. The molecule has 1 aromatic heterocycles. The third kappa shape index (κ3) is 5.37. The average Bonchev–Trinajstić information content (AvgIpc) is 2.63. The van der Waals surface area contributed by atoms with E-state index in [0.29, 0.717) is 12.0 Å². The van der Waals surface area contributed by atoms with Gasteiger partial charge in [-0.15, -0.1) is 0 Å². The van der Waals surface area contributed by atoms with Crippen LogP contribution in [0.3, 0.4) is 0 Å². The first kappa shape index (κ1) is 14.3. The fourth-order valence-electron chi connectivity index (χ4n) is 1.71. The van der Waals surface area contributed by atoms with Crippen molar-refractivity contribution in [3.8, 4) is 0 Å². The fourth-order valence-corrected chi connectivity index (χ4v) is 1.71. The molecule has 0 radical (unpaired) electrons. The average molecular weight is 238 g/mol. The van der Waals surface area contributed by atoms with Gasteiger partial charge in [0.2, 0.25) is 0 Å².